The maximum atomic E-state index is 12.2. The molecule has 2 N–H and O–H groups in total. The molecule has 1 fully saturated rings. The standard InChI is InChI=1S/C23H38N4OS/c1-4-21(27-14-13-18-9-6-7-10-19(18)17-27)16-25-23(24-3)26-20-11-8-12-22(15-20)29(28)5-2/h6-7,9-10,20-22H,4-5,8,11-17H2,1-3H3,(H2,24,25,26). The Morgan fingerprint density at radius 1 is 1.28 bits per heavy atom. The van der Waals surface area contributed by atoms with Gasteiger partial charge in [0.2, 0.25) is 0 Å². The van der Waals surface area contributed by atoms with Crippen molar-refractivity contribution in [1.29, 1.82) is 0 Å². The maximum Gasteiger partial charge on any atom is 0.191 e. The van der Waals surface area contributed by atoms with E-state index in [-0.39, 0.29) is 0 Å². The van der Waals surface area contributed by atoms with Crippen LogP contribution in [0.5, 0.6) is 0 Å². The van der Waals surface area contributed by atoms with E-state index in [0.717, 1.165) is 69.9 Å². The fourth-order valence-electron chi connectivity index (χ4n) is 4.71. The Balaban J connectivity index is 1.51. The van der Waals surface area contributed by atoms with Gasteiger partial charge in [-0.1, -0.05) is 44.5 Å². The van der Waals surface area contributed by atoms with E-state index < -0.39 is 10.8 Å². The van der Waals surface area contributed by atoms with Crippen molar-refractivity contribution in [2.24, 2.45) is 4.99 Å². The molecule has 1 aromatic carbocycles. The molecule has 0 saturated heterocycles. The largest absolute Gasteiger partial charge is 0.355 e. The van der Waals surface area contributed by atoms with Gasteiger partial charge in [-0.3, -0.25) is 14.1 Å². The van der Waals surface area contributed by atoms with Gasteiger partial charge < -0.3 is 10.6 Å². The summed E-state index contributed by atoms with van der Waals surface area (Å²) in [6.07, 6.45) is 6.62. The number of benzene rings is 1. The fourth-order valence-corrected chi connectivity index (χ4v) is 6.06. The monoisotopic (exact) mass is 418 g/mol. The van der Waals surface area contributed by atoms with Gasteiger partial charge in [0.15, 0.2) is 5.96 Å². The number of nitrogens with zero attached hydrogens (tertiary/aromatic N) is 2. The van der Waals surface area contributed by atoms with E-state index in [1.807, 2.05) is 14.0 Å². The van der Waals surface area contributed by atoms with Crippen molar-refractivity contribution in [3.63, 3.8) is 0 Å². The van der Waals surface area contributed by atoms with Gasteiger partial charge in [-0.15, -0.1) is 0 Å². The summed E-state index contributed by atoms with van der Waals surface area (Å²) in [5.74, 6) is 1.65. The smallest absolute Gasteiger partial charge is 0.191 e. The number of aliphatic imine (C=N–C) groups is 1. The molecule has 0 bridgehead atoms. The van der Waals surface area contributed by atoms with Crippen LogP contribution in [0.15, 0.2) is 29.3 Å². The highest BCUT2D eigenvalue weighted by Gasteiger charge is 2.27. The van der Waals surface area contributed by atoms with E-state index in [0.29, 0.717) is 17.3 Å². The Labute approximate surface area is 179 Å². The fraction of sp³-hybridized carbons (Fsp3) is 0.696. The molecule has 4 atom stereocenters. The minimum Gasteiger partial charge on any atom is -0.355 e. The predicted molar refractivity (Wildman–Crippen MR) is 124 cm³/mol. The van der Waals surface area contributed by atoms with Crippen LogP contribution in [0, 0.1) is 0 Å². The van der Waals surface area contributed by atoms with Crippen LogP contribution in [0.25, 0.3) is 0 Å². The summed E-state index contributed by atoms with van der Waals surface area (Å²) in [6.45, 7) is 7.35. The number of rotatable bonds is 7. The molecule has 1 aromatic rings. The van der Waals surface area contributed by atoms with Crippen molar-refractivity contribution in [3.8, 4) is 0 Å². The van der Waals surface area contributed by atoms with Crippen LogP contribution < -0.4 is 10.6 Å². The van der Waals surface area contributed by atoms with Crippen molar-refractivity contribution >= 4 is 16.8 Å². The lowest BCUT2D eigenvalue weighted by atomic mass is 9.95. The van der Waals surface area contributed by atoms with Crippen LogP contribution in [0.1, 0.15) is 57.1 Å². The van der Waals surface area contributed by atoms with E-state index in [9.17, 15) is 4.21 Å². The normalized spacial score (nSPS) is 25.1. The van der Waals surface area contributed by atoms with Gasteiger partial charge in [-0.25, -0.2) is 0 Å². The van der Waals surface area contributed by atoms with E-state index in [1.165, 1.54) is 11.1 Å². The van der Waals surface area contributed by atoms with E-state index in [4.69, 9.17) is 0 Å². The van der Waals surface area contributed by atoms with Gasteiger partial charge in [0.1, 0.15) is 0 Å². The Morgan fingerprint density at radius 2 is 2.07 bits per heavy atom. The van der Waals surface area contributed by atoms with E-state index >= 15 is 0 Å². The summed E-state index contributed by atoms with van der Waals surface area (Å²) in [7, 11) is 1.15. The molecule has 5 nitrogen and oxygen atoms in total. The number of nitrogens with one attached hydrogen (secondary N) is 2. The molecule has 4 unspecified atom stereocenters. The molecule has 0 radical (unpaired) electrons. The van der Waals surface area contributed by atoms with Crippen molar-refractivity contribution in [2.45, 2.75) is 76.3 Å². The van der Waals surface area contributed by atoms with E-state index in [2.05, 4.69) is 51.7 Å². The Hall–Kier alpha value is -1.40. The molecular weight excluding hydrogens is 380 g/mol. The highest BCUT2D eigenvalue weighted by molar-refractivity contribution is 7.85. The second kappa shape index (κ2) is 11.1. The zero-order valence-corrected chi connectivity index (χ0v) is 19.1. The molecule has 1 saturated carbocycles. The van der Waals surface area contributed by atoms with Crippen molar-refractivity contribution < 1.29 is 4.21 Å². The first-order valence-corrected chi connectivity index (χ1v) is 12.7. The molecule has 29 heavy (non-hydrogen) atoms. The average molecular weight is 419 g/mol. The molecule has 2 aliphatic rings. The molecular formula is C23H38N4OS. The number of guanidine groups is 1. The van der Waals surface area contributed by atoms with Gasteiger partial charge in [0.25, 0.3) is 0 Å². The Kier molecular flexibility index (Phi) is 8.54. The number of hydrogen-bond donors (Lipinski definition) is 2. The van der Waals surface area contributed by atoms with Crippen LogP contribution in [-0.4, -0.2) is 58.3 Å². The first kappa shape index (κ1) is 22.3. The molecule has 0 aromatic heterocycles. The lowest BCUT2D eigenvalue weighted by Crippen LogP contribution is -2.51. The highest BCUT2D eigenvalue weighted by atomic mass is 32.2. The van der Waals surface area contributed by atoms with Crippen molar-refractivity contribution in [2.75, 3.05) is 25.9 Å². The minimum absolute atomic E-state index is 0.334. The van der Waals surface area contributed by atoms with Crippen molar-refractivity contribution in [3.05, 3.63) is 35.4 Å². The van der Waals surface area contributed by atoms with Gasteiger partial charge in [0.05, 0.1) is 0 Å². The summed E-state index contributed by atoms with van der Waals surface area (Å²) in [5.41, 5.74) is 2.97. The van der Waals surface area contributed by atoms with Crippen LogP contribution in [0.3, 0.4) is 0 Å². The average Bonchev–Trinajstić information content (AvgIpc) is 2.78. The maximum absolute atomic E-state index is 12.2. The third kappa shape index (κ3) is 6.05. The zero-order valence-electron chi connectivity index (χ0n) is 18.3. The van der Waals surface area contributed by atoms with Gasteiger partial charge in [0, 0.05) is 60.6 Å². The Morgan fingerprint density at radius 3 is 2.79 bits per heavy atom. The molecule has 1 aliphatic carbocycles. The third-order valence-electron chi connectivity index (χ3n) is 6.50. The first-order chi connectivity index (χ1) is 14.1. The highest BCUT2D eigenvalue weighted by Crippen LogP contribution is 2.23. The molecule has 3 rings (SSSR count). The molecule has 162 valence electrons. The topological polar surface area (TPSA) is 56.7 Å². The lowest BCUT2D eigenvalue weighted by Gasteiger charge is -2.36. The first-order valence-electron chi connectivity index (χ1n) is 11.3. The minimum atomic E-state index is -0.692. The third-order valence-corrected chi connectivity index (χ3v) is 8.24. The summed E-state index contributed by atoms with van der Waals surface area (Å²) in [5, 5.41) is 7.50. The molecule has 0 amide bonds. The molecule has 6 heteroatoms. The quantitative estimate of drug-likeness (QED) is 0.528. The summed E-state index contributed by atoms with van der Waals surface area (Å²) in [4.78, 5) is 7.06. The SMILES string of the molecule is CCC(CNC(=NC)NC1CCCC(S(=O)CC)C1)N1CCc2ccccc2C1. The van der Waals surface area contributed by atoms with Crippen LogP contribution >= 0.6 is 0 Å². The molecule has 0 spiro atoms. The summed E-state index contributed by atoms with van der Waals surface area (Å²) < 4.78 is 12.2. The Bertz CT molecular complexity index is 708. The number of hydrogen-bond acceptors (Lipinski definition) is 3. The van der Waals surface area contributed by atoms with Gasteiger partial charge in [-0.2, -0.15) is 0 Å². The molecule has 1 aliphatic heterocycles. The predicted octanol–water partition coefficient (Wildman–Crippen LogP) is 3.07. The second-order valence-electron chi connectivity index (χ2n) is 8.30. The number of fused-ring (bicyclic) bond motifs is 1. The zero-order chi connectivity index (χ0) is 20.6. The van der Waals surface area contributed by atoms with Crippen LogP contribution in [0.4, 0.5) is 0 Å². The van der Waals surface area contributed by atoms with Crippen LogP contribution in [0.2, 0.25) is 0 Å². The van der Waals surface area contributed by atoms with Crippen molar-refractivity contribution in [1.82, 2.24) is 15.5 Å². The summed E-state index contributed by atoms with van der Waals surface area (Å²) in [6, 6.07) is 9.69. The van der Waals surface area contributed by atoms with E-state index in [1.54, 1.807) is 0 Å². The van der Waals surface area contributed by atoms with Gasteiger partial charge in [-0.05, 0) is 43.2 Å². The second-order valence-corrected chi connectivity index (χ2v) is 10.3. The summed E-state index contributed by atoms with van der Waals surface area (Å²) >= 11 is 0. The molecule has 1 heterocycles. The van der Waals surface area contributed by atoms with Gasteiger partial charge >= 0.3 is 0 Å². The van der Waals surface area contributed by atoms with Crippen LogP contribution in [-0.2, 0) is 23.8 Å². The lowest BCUT2D eigenvalue weighted by molar-refractivity contribution is 0.174.